The van der Waals surface area contributed by atoms with Crippen LogP contribution >= 0.6 is 0 Å². The molecule has 45 heavy (non-hydrogen) atoms. The molecule has 214 valence electrons. The number of fused-ring (bicyclic) bond motifs is 3. The number of nitrogens with two attached hydrogens (primary N) is 1. The highest BCUT2D eigenvalue weighted by atomic mass is 15.1. The molecule has 0 radical (unpaired) electrons. The van der Waals surface area contributed by atoms with Gasteiger partial charge in [-0.2, -0.15) is 0 Å². The highest BCUT2D eigenvalue weighted by Gasteiger charge is 2.16. The van der Waals surface area contributed by atoms with E-state index in [1.807, 2.05) is 24.3 Å². The average molecular weight is 579 g/mol. The van der Waals surface area contributed by atoms with Gasteiger partial charge in [0, 0.05) is 33.5 Å². The normalized spacial score (nSPS) is 11.9. The van der Waals surface area contributed by atoms with Crippen molar-refractivity contribution in [3.05, 3.63) is 174 Å². The van der Waals surface area contributed by atoms with Crippen molar-refractivity contribution in [2.75, 3.05) is 5.73 Å². The summed E-state index contributed by atoms with van der Waals surface area (Å²) in [5.74, 6) is 0.915. The molecule has 0 aliphatic rings. The van der Waals surface area contributed by atoms with Crippen molar-refractivity contribution in [3.63, 3.8) is 0 Å². The van der Waals surface area contributed by atoms with Crippen LogP contribution in [0.15, 0.2) is 163 Å². The molecule has 8 aromatic rings. The third-order valence-corrected chi connectivity index (χ3v) is 8.46. The number of nitrogen functional groups attached to an aromatic ring is 1. The maximum absolute atomic E-state index is 6.83. The maximum Gasteiger partial charge on any atom is 0.145 e. The summed E-state index contributed by atoms with van der Waals surface area (Å²) in [6.45, 7) is 0.518. The molecule has 0 fully saturated rings. The molecule has 0 amide bonds. The summed E-state index contributed by atoms with van der Waals surface area (Å²) >= 11 is 0. The number of aromatic nitrogens is 2. The molecule has 8 rings (SSSR count). The monoisotopic (exact) mass is 578 g/mol. The third kappa shape index (κ3) is 4.92. The molecule has 0 saturated carbocycles. The molecular weight excluding hydrogens is 548 g/mol. The van der Waals surface area contributed by atoms with E-state index in [9.17, 15) is 0 Å². The minimum atomic E-state index is 0.518. The van der Waals surface area contributed by atoms with Gasteiger partial charge >= 0.3 is 0 Å². The molecule has 0 spiro atoms. The largest absolute Gasteiger partial charge is 0.398 e. The summed E-state index contributed by atoms with van der Waals surface area (Å²) in [5.41, 5.74) is 15.7. The van der Waals surface area contributed by atoms with E-state index in [1.165, 1.54) is 10.8 Å². The molecular formula is C41H30N4. The van der Waals surface area contributed by atoms with Crippen molar-refractivity contribution in [1.82, 2.24) is 9.55 Å². The lowest BCUT2D eigenvalue weighted by molar-refractivity contribution is 1.06. The smallest absolute Gasteiger partial charge is 0.145 e. The molecule has 1 aromatic heterocycles. The predicted molar refractivity (Wildman–Crippen MR) is 188 cm³/mol. The number of aliphatic imine (C=N–C) groups is 1. The maximum atomic E-state index is 6.83. The van der Waals surface area contributed by atoms with Gasteiger partial charge in [-0.15, -0.1) is 0 Å². The van der Waals surface area contributed by atoms with Gasteiger partial charge < -0.3 is 5.73 Å². The second kappa shape index (κ2) is 11.3. The van der Waals surface area contributed by atoms with Crippen LogP contribution in [0.1, 0.15) is 16.7 Å². The van der Waals surface area contributed by atoms with E-state index >= 15 is 0 Å². The van der Waals surface area contributed by atoms with Gasteiger partial charge in [0.25, 0.3) is 0 Å². The highest BCUT2D eigenvalue weighted by molar-refractivity contribution is 6.19. The van der Waals surface area contributed by atoms with Crippen molar-refractivity contribution in [2.45, 2.75) is 6.54 Å². The Morgan fingerprint density at radius 1 is 0.622 bits per heavy atom. The Balaban J connectivity index is 1.19. The van der Waals surface area contributed by atoms with Crippen molar-refractivity contribution >= 4 is 44.0 Å². The van der Waals surface area contributed by atoms with E-state index < -0.39 is 0 Å². The minimum Gasteiger partial charge on any atom is -0.398 e. The van der Waals surface area contributed by atoms with Crippen LogP contribution in [-0.2, 0) is 6.54 Å². The number of nitrogens with zero attached hydrogens (tertiary/aromatic N) is 3. The molecule has 0 aliphatic heterocycles. The molecule has 0 unspecified atom stereocenters. The highest BCUT2D eigenvalue weighted by Crippen LogP contribution is 2.31. The second-order valence-corrected chi connectivity index (χ2v) is 11.3. The summed E-state index contributed by atoms with van der Waals surface area (Å²) in [5, 5.41) is 4.53. The first kappa shape index (κ1) is 26.6. The Morgan fingerprint density at radius 2 is 1.31 bits per heavy atom. The number of benzene rings is 7. The summed E-state index contributed by atoms with van der Waals surface area (Å²) < 4.78 is 2.23. The zero-order chi connectivity index (χ0) is 30.2. The molecule has 0 saturated heterocycles. The van der Waals surface area contributed by atoms with Crippen LogP contribution in [0.4, 0.5) is 5.69 Å². The number of anilines is 1. The second-order valence-electron chi connectivity index (χ2n) is 11.3. The van der Waals surface area contributed by atoms with E-state index in [0.717, 1.165) is 67.0 Å². The lowest BCUT2D eigenvalue weighted by Crippen LogP contribution is -2.08. The lowest BCUT2D eigenvalue weighted by Gasteiger charge is -2.14. The summed E-state index contributed by atoms with van der Waals surface area (Å²) in [6, 6.07) is 54.6. The SMILES string of the molecule is Nc1c(C(=NCc2ccc(-c3nc4ccccc4n3-c3ccccc3)cc2)c2ccc3ccccc3c2)ccc2ccccc12. The number of imidazole rings is 1. The molecule has 0 bridgehead atoms. The van der Waals surface area contributed by atoms with Gasteiger partial charge in [-0.3, -0.25) is 9.56 Å². The Hall–Kier alpha value is -6.00. The van der Waals surface area contributed by atoms with Gasteiger partial charge in [-0.1, -0.05) is 127 Å². The molecule has 4 nitrogen and oxygen atoms in total. The van der Waals surface area contributed by atoms with Gasteiger partial charge in [-0.05, 0) is 52.1 Å². The fourth-order valence-electron chi connectivity index (χ4n) is 6.16. The number of rotatable bonds is 6. The van der Waals surface area contributed by atoms with E-state index in [2.05, 4.69) is 138 Å². The first-order valence-electron chi connectivity index (χ1n) is 15.2. The van der Waals surface area contributed by atoms with Gasteiger partial charge in [0.05, 0.1) is 23.3 Å². The molecule has 0 aliphatic carbocycles. The molecule has 7 aromatic carbocycles. The van der Waals surface area contributed by atoms with Crippen LogP contribution < -0.4 is 5.73 Å². The standard InChI is InChI=1S/C41H30N4/c42-39-35-15-7-6-11-30(35)24-25-36(39)40(33-23-22-29-10-4-5-12-32(29)26-33)43-27-28-18-20-31(21-19-28)41-44-37-16-8-9-17-38(37)45(41)34-13-2-1-3-14-34/h1-26H,27,42H2. The molecule has 0 atom stereocenters. The Kier molecular flexibility index (Phi) is 6.65. The molecule has 2 N–H and O–H groups in total. The summed E-state index contributed by atoms with van der Waals surface area (Å²) in [6.07, 6.45) is 0. The topological polar surface area (TPSA) is 56.2 Å². The number of para-hydroxylation sites is 3. The van der Waals surface area contributed by atoms with Crippen molar-refractivity contribution in [2.24, 2.45) is 4.99 Å². The Morgan fingerprint density at radius 3 is 2.16 bits per heavy atom. The van der Waals surface area contributed by atoms with Gasteiger partial charge in [0.15, 0.2) is 0 Å². The van der Waals surface area contributed by atoms with Crippen LogP contribution in [0, 0.1) is 0 Å². The first-order valence-corrected chi connectivity index (χ1v) is 15.2. The van der Waals surface area contributed by atoms with Crippen LogP contribution in [0.5, 0.6) is 0 Å². The zero-order valence-corrected chi connectivity index (χ0v) is 24.6. The van der Waals surface area contributed by atoms with Crippen LogP contribution in [0.3, 0.4) is 0 Å². The minimum absolute atomic E-state index is 0.518. The van der Waals surface area contributed by atoms with Gasteiger partial charge in [0.1, 0.15) is 5.82 Å². The van der Waals surface area contributed by atoms with Crippen LogP contribution in [0.25, 0.3) is 49.7 Å². The fourth-order valence-corrected chi connectivity index (χ4v) is 6.16. The van der Waals surface area contributed by atoms with Gasteiger partial charge in [-0.25, -0.2) is 4.98 Å². The van der Waals surface area contributed by atoms with E-state index in [1.54, 1.807) is 0 Å². The average Bonchev–Trinajstić information content (AvgIpc) is 3.50. The van der Waals surface area contributed by atoms with Gasteiger partial charge in [0.2, 0.25) is 0 Å². The van der Waals surface area contributed by atoms with E-state index in [4.69, 9.17) is 15.7 Å². The molecule has 1 heterocycles. The van der Waals surface area contributed by atoms with Crippen molar-refractivity contribution in [3.8, 4) is 17.1 Å². The first-order chi connectivity index (χ1) is 22.2. The van der Waals surface area contributed by atoms with Crippen LogP contribution in [0.2, 0.25) is 0 Å². The Bertz CT molecular complexity index is 2350. The summed E-state index contributed by atoms with van der Waals surface area (Å²) in [7, 11) is 0. The molecule has 4 heteroatoms. The number of hydrogen-bond donors (Lipinski definition) is 1. The zero-order valence-electron chi connectivity index (χ0n) is 24.6. The lowest BCUT2D eigenvalue weighted by atomic mass is 9.95. The number of hydrogen-bond acceptors (Lipinski definition) is 3. The fraction of sp³-hybridized carbons (Fsp3) is 0.0244. The van der Waals surface area contributed by atoms with Crippen molar-refractivity contribution < 1.29 is 0 Å². The quantitative estimate of drug-likeness (QED) is 0.158. The van der Waals surface area contributed by atoms with E-state index in [-0.39, 0.29) is 0 Å². The van der Waals surface area contributed by atoms with Crippen molar-refractivity contribution in [1.29, 1.82) is 0 Å². The summed E-state index contributed by atoms with van der Waals surface area (Å²) in [4.78, 5) is 10.3. The van der Waals surface area contributed by atoms with E-state index in [0.29, 0.717) is 6.54 Å². The predicted octanol–water partition coefficient (Wildman–Crippen LogP) is 9.62. The van der Waals surface area contributed by atoms with Crippen LogP contribution in [-0.4, -0.2) is 15.3 Å². The third-order valence-electron chi connectivity index (χ3n) is 8.46. The Labute approximate surface area is 261 Å².